The second-order valence-electron chi connectivity index (χ2n) is 8.37. The number of hydrogen-bond donors (Lipinski definition) is 0. The zero-order valence-corrected chi connectivity index (χ0v) is 17.9. The van der Waals surface area contributed by atoms with Crippen molar-refractivity contribution in [1.29, 1.82) is 0 Å². The highest BCUT2D eigenvalue weighted by molar-refractivity contribution is 5.99. The zero-order valence-electron chi connectivity index (χ0n) is 17.9. The van der Waals surface area contributed by atoms with Crippen molar-refractivity contribution in [3.05, 3.63) is 80.7 Å². The molecule has 0 bridgehead atoms. The standard InChI is InChI=1S/C25H26N2O4/c1-16-14-19-20(15-17(16)2)31-24-21(23(19)28)22(18-6-4-3-5-7-18)27(25(24)29)9-8-26-10-12-30-13-11-26/h3-7,14-15,22H,8-13H2,1-2H3/t22-/m0/s1. The summed E-state index contributed by atoms with van der Waals surface area (Å²) in [5.74, 6) is -0.0362. The fourth-order valence-electron chi connectivity index (χ4n) is 4.56. The number of fused-ring (bicyclic) bond motifs is 2. The molecule has 0 radical (unpaired) electrons. The third-order valence-corrected chi connectivity index (χ3v) is 6.46. The monoisotopic (exact) mass is 418 g/mol. The molecule has 160 valence electrons. The van der Waals surface area contributed by atoms with Crippen molar-refractivity contribution in [3.63, 3.8) is 0 Å². The zero-order chi connectivity index (χ0) is 21.5. The van der Waals surface area contributed by atoms with Crippen LogP contribution >= 0.6 is 0 Å². The number of morpholine rings is 1. The predicted octanol–water partition coefficient (Wildman–Crippen LogP) is 3.29. The molecule has 1 atom stereocenters. The van der Waals surface area contributed by atoms with Crippen molar-refractivity contribution in [1.82, 2.24) is 9.80 Å². The minimum Gasteiger partial charge on any atom is -0.450 e. The number of ether oxygens (including phenoxy) is 1. The Morgan fingerprint density at radius 2 is 1.68 bits per heavy atom. The van der Waals surface area contributed by atoms with Crippen LogP contribution in [-0.2, 0) is 4.74 Å². The van der Waals surface area contributed by atoms with Gasteiger partial charge in [0.25, 0.3) is 5.91 Å². The fraction of sp³-hybridized carbons (Fsp3) is 0.360. The van der Waals surface area contributed by atoms with E-state index in [9.17, 15) is 9.59 Å². The summed E-state index contributed by atoms with van der Waals surface area (Å²) in [7, 11) is 0. The summed E-state index contributed by atoms with van der Waals surface area (Å²) in [6, 6.07) is 13.0. The van der Waals surface area contributed by atoms with Crippen molar-refractivity contribution in [2.75, 3.05) is 39.4 Å². The number of benzene rings is 2. The first-order valence-electron chi connectivity index (χ1n) is 10.8. The largest absolute Gasteiger partial charge is 0.450 e. The summed E-state index contributed by atoms with van der Waals surface area (Å²) in [5, 5.41) is 0.533. The number of hydrogen-bond acceptors (Lipinski definition) is 5. The molecule has 1 aromatic heterocycles. The summed E-state index contributed by atoms with van der Waals surface area (Å²) in [6.07, 6.45) is 0. The molecule has 6 heteroatoms. The van der Waals surface area contributed by atoms with Gasteiger partial charge < -0.3 is 14.1 Å². The third-order valence-electron chi connectivity index (χ3n) is 6.46. The second kappa shape index (κ2) is 7.94. The maximum absolute atomic E-state index is 13.6. The van der Waals surface area contributed by atoms with E-state index in [-0.39, 0.29) is 17.1 Å². The normalized spacial score (nSPS) is 19.2. The van der Waals surface area contributed by atoms with Gasteiger partial charge in [-0.1, -0.05) is 30.3 Å². The fourth-order valence-corrected chi connectivity index (χ4v) is 4.56. The highest BCUT2D eigenvalue weighted by atomic mass is 16.5. The van der Waals surface area contributed by atoms with Crippen molar-refractivity contribution >= 4 is 16.9 Å². The molecule has 0 saturated carbocycles. The van der Waals surface area contributed by atoms with Crippen LogP contribution in [0.2, 0.25) is 0 Å². The van der Waals surface area contributed by atoms with Crippen LogP contribution in [0.1, 0.15) is 38.9 Å². The Labute approximate surface area is 181 Å². The average molecular weight is 418 g/mol. The highest BCUT2D eigenvalue weighted by Crippen LogP contribution is 2.38. The molecular weight excluding hydrogens is 392 g/mol. The first-order chi connectivity index (χ1) is 15.0. The Balaban J connectivity index is 1.61. The maximum Gasteiger partial charge on any atom is 0.290 e. The van der Waals surface area contributed by atoms with E-state index in [0.717, 1.165) is 36.3 Å². The molecule has 2 aliphatic rings. The number of aryl methyl sites for hydroxylation is 2. The van der Waals surface area contributed by atoms with Crippen LogP contribution in [0.3, 0.4) is 0 Å². The molecule has 6 nitrogen and oxygen atoms in total. The molecule has 0 unspecified atom stereocenters. The van der Waals surface area contributed by atoms with Crippen LogP contribution < -0.4 is 5.43 Å². The number of nitrogens with zero attached hydrogens (tertiary/aromatic N) is 2. The molecular formula is C25H26N2O4. The van der Waals surface area contributed by atoms with E-state index >= 15 is 0 Å². The molecule has 3 aromatic rings. The average Bonchev–Trinajstić information content (AvgIpc) is 3.07. The number of amides is 1. The topological polar surface area (TPSA) is 63.0 Å². The molecule has 2 aromatic carbocycles. The molecule has 1 amide bonds. The van der Waals surface area contributed by atoms with Crippen molar-refractivity contribution in [2.45, 2.75) is 19.9 Å². The minimum atomic E-state index is -0.438. The van der Waals surface area contributed by atoms with Crippen LogP contribution in [-0.4, -0.2) is 55.1 Å². The van der Waals surface area contributed by atoms with Crippen molar-refractivity contribution in [3.8, 4) is 0 Å². The van der Waals surface area contributed by atoms with Crippen molar-refractivity contribution < 1.29 is 13.9 Å². The van der Waals surface area contributed by atoms with Crippen LogP contribution in [0.5, 0.6) is 0 Å². The Morgan fingerprint density at radius 1 is 0.968 bits per heavy atom. The lowest BCUT2D eigenvalue weighted by atomic mass is 9.97. The molecule has 0 spiro atoms. The summed E-state index contributed by atoms with van der Waals surface area (Å²) in [5.41, 5.74) is 3.80. The number of carbonyl (C=O) groups is 1. The second-order valence-corrected chi connectivity index (χ2v) is 8.37. The molecule has 0 N–H and O–H groups in total. The van der Waals surface area contributed by atoms with Crippen LogP contribution in [0.15, 0.2) is 51.7 Å². The van der Waals surface area contributed by atoms with Gasteiger partial charge in [0.1, 0.15) is 5.58 Å². The highest BCUT2D eigenvalue weighted by Gasteiger charge is 2.42. The smallest absolute Gasteiger partial charge is 0.290 e. The van der Waals surface area contributed by atoms with Gasteiger partial charge in [-0.2, -0.15) is 0 Å². The van der Waals surface area contributed by atoms with E-state index < -0.39 is 6.04 Å². The Morgan fingerprint density at radius 3 is 2.42 bits per heavy atom. The van der Waals surface area contributed by atoms with E-state index in [1.807, 2.05) is 56.3 Å². The van der Waals surface area contributed by atoms with Gasteiger partial charge in [0, 0.05) is 26.2 Å². The van der Waals surface area contributed by atoms with E-state index in [1.165, 1.54) is 0 Å². The molecule has 1 saturated heterocycles. The van der Waals surface area contributed by atoms with Crippen molar-refractivity contribution in [2.24, 2.45) is 0 Å². The van der Waals surface area contributed by atoms with Crippen LogP contribution in [0, 0.1) is 13.8 Å². The van der Waals surface area contributed by atoms with Crippen LogP contribution in [0.4, 0.5) is 0 Å². The van der Waals surface area contributed by atoms with Gasteiger partial charge in [-0.3, -0.25) is 14.5 Å². The molecule has 31 heavy (non-hydrogen) atoms. The number of carbonyl (C=O) groups excluding carboxylic acids is 1. The van der Waals surface area contributed by atoms with E-state index in [1.54, 1.807) is 4.90 Å². The summed E-state index contributed by atoms with van der Waals surface area (Å²) in [6.45, 7) is 8.34. The Bertz CT molecular complexity index is 1200. The predicted molar refractivity (Wildman–Crippen MR) is 119 cm³/mol. The Kier molecular flexibility index (Phi) is 5.12. The summed E-state index contributed by atoms with van der Waals surface area (Å²) < 4.78 is 11.5. The lowest BCUT2D eigenvalue weighted by Gasteiger charge is -2.31. The van der Waals surface area contributed by atoms with Gasteiger partial charge in [-0.25, -0.2) is 0 Å². The maximum atomic E-state index is 13.6. The minimum absolute atomic E-state index is 0.115. The van der Waals surface area contributed by atoms with Gasteiger partial charge in [0.15, 0.2) is 5.43 Å². The first-order valence-corrected chi connectivity index (χ1v) is 10.8. The SMILES string of the molecule is Cc1cc2oc3c(c(=O)c2cc1C)[C@H](c1ccccc1)N(CCN1CCOCC1)C3=O. The quantitative estimate of drug-likeness (QED) is 0.651. The molecule has 3 heterocycles. The Hall–Kier alpha value is -2.96. The summed E-state index contributed by atoms with van der Waals surface area (Å²) >= 11 is 0. The van der Waals surface area contributed by atoms with E-state index in [2.05, 4.69) is 4.90 Å². The lowest BCUT2D eigenvalue weighted by molar-refractivity contribution is 0.0314. The van der Waals surface area contributed by atoms with E-state index in [0.29, 0.717) is 36.3 Å². The molecule has 2 aliphatic heterocycles. The van der Waals surface area contributed by atoms with Gasteiger partial charge in [0.2, 0.25) is 5.76 Å². The van der Waals surface area contributed by atoms with Gasteiger partial charge >= 0.3 is 0 Å². The van der Waals surface area contributed by atoms with Gasteiger partial charge in [-0.05, 0) is 42.7 Å². The third kappa shape index (κ3) is 3.46. The molecule has 1 fully saturated rings. The molecule has 0 aliphatic carbocycles. The lowest BCUT2D eigenvalue weighted by Crippen LogP contribution is -2.42. The van der Waals surface area contributed by atoms with Gasteiger partial charge in [-0.15, -0.1) is 0 Å². The summed E-state index contributed by atoms with van der Waals surface area (Å²) in [4.78, 5) is 31.1. The van der Waals surface area contributed by atoms with E-state index in [4.69, 9.17) is 9.15 Å². The number of rotatable bonds is 4. The van der Waals surface area contributed by atoms with Gasteiger partial charge in [0.05, 0.1) is 30.2 Å². The first kappa shape index (κ1) is 20.0. The van der Waals surface area contributed by atoms with Crippen LogP contribution in [0.25, 0.3) is 11.0 Å². The molecule has 5 rings (SSSR count).